The largest absolute Gasteiger partial charge is 0.337 e. The summed E-state index contributed by atoms with van der Waals surface area (Å²) in [4.78, 5) is 13.4. The summed E-state index contributed by atoms with van der Waals surface area (Å²) in [5, 5.41) is 0. The van der Waals surface area contributed by atoms with Gasteiger partial charge in [-0.2, -0.15) is 0 Å². The van der Waals surface area contributed by atoms with Crippen LogP contribution >= 0.6 is 0 Å². The van der Waals surface area contributed by atoms with Crippen LogP contribution in [0.5, 0.6) is 0 Å². The van der Waals surface area contributed by atoms with Gasteiger partial charge in [-0.15, -0.1) is 0 Å². The lowest BCUT2D eigenvalue weighted by Gasteiger charge is -2.26. The van der Waals surface area contributed by atoms with Crippen LogP contribution in [0.3, 0.4) is 0 Å². The number of amides is 1. The molecule has 1 heterocycles. The standard InChI is InChI=1S/C11H12FNO3S/c12-10-3-1-2-9(8-10)11(14)13-4-6-17(15,16)7-5-13/h1-3,8H,4-7H2. The van der Waals surface area contributed by atoms with Gasteiger partial charge in [0.15, 0.2) is 9.84 Å². The van der Waals surface area contributed by atoms with Crippen LogP contribution in [0, 0.1) is 5.82 Å². The molecule has 0 atom stereocenters. The molecule has 0 unspecified atom stereocenters. The molecular weight excluding hydrogens is 245 g/mol. The van der Waals surface area contributed by atoms with E-state index in [0.29, 0.717) is 0 Å². The highest BCUT2D eigenvalue weighted by atomic mass is 32.2. The molecule has 1 amide bonds. The molecule has 0 N–H and O–H groups in total. The summed E-state index contributed by atoms with van der Waals surface area (Å²) in [5.74, 6) is -0.831. The number of hydrogen-bond acceptors (Lipinski definition) is 3. The topological polar surface area (TPSA) is 54.5 Å². The van der Waals surface area contributed by atoms with E-state index < -0.39 is 15.7 Å². The Balaban J connectivity index is 2.12. The van der Waals surface area contributed by atoms with Gasteiger partial charge in [-0.05, 0) is 18.2 Å². The van der Waals surface area contributed by atoms with Gasteiger partial charge in [0.2, 0.25) is 0 Å². The minimum Gasteiger partial charge on any atom is -0.337 e. The Morgan fingerprint density at radius 2 is 1.88 bits per heavy atom. The van der Waals surface area contributed by atoms with Crippen LogP contribution in [-0.2, 0) is 9.84 Å². The van der Waals surface area contributed by atoms with E-state index in [4.69, 9.17) is 0 Å². The SMILES string of the molecule is O=C(c1cccc(F)c1)N1CCS(=O)(=O)CC1. The number of nitrogens with zero attached hydrogens (tertiary/aromatic N) is 1. The van der Waals surface area contributed by atoms with Gasteiger partial charge in [0, 0.05) is 18.7 Å². The number of hydrogen-bond donors (Lipinski definition) is 0. The molecule has 1 fully saturated rings. The molecule has 0 saturated carbocycles. The van der Waals surface area contributed by atoms with Crippen LogP contribution in [0.4, 0.5) is 4.39 Å². The maximum absolute atomic E-state index is 13.0. The second-order valence-corrected chi connectivity index (χ2v) is 6.26. The average molecular weight is 257 g/mol. The normalized spacial score (nSPS) is 19.0. The lowest BCUT2D eigenvalue weighted by molar-refractivity contribution is 0.0770. The fourth-order valence-electron chi connectivity index (χ4n) is 1.72. The Kier molecular flexibility index (Phi) is 3.15. The quantitative estimate of drug-likeness (QED) is 0.744. The zero-order chi connectivity index (χ0) is 12.5. The van der Waals surface area contributed by atoms with Gasteiger partial charge >= 0.3 is 0 Å². The van der Waals surface area contributed by atoms with Gasteiger partial charge in [0.1, 0.15) is 5.82 Å². The average Bonchev–Trinajstić information content (AvgIpc) is 2.28. The Morgan fingerprint density at radius 3 is 2.47 bits per heavy atom. The minimum atomic E-state index is -3.01. The van der Waals surface area contributed by atoms with Crippen molar-refractivity contribution in [2.75, 3.05) is 24.6 Å². The van der Waals surface area contributed by atoms with E-state index in [1.807, 2.05) is 0 Å². The van der Waals surface area contributed by atoms with E-state index in [1.165, 1.54) is 23.1 Å². The van der Waals surface area contributed by atoms with Gasteiger partial charge in [0.05, 0.1) is 11.5 Å². The first-order chi connectivity index (χ1) is 7.98. The fourth-order valence-corrected chi connectivity index (χ4v) is 2.92. The number of halogens is 1. The first kappa shape index (κ1) is 12.0. The molecule has 1 aliphatic rings. The van der Waals surface area contributed by atoms with Crippen LogP contribution in [0.15, 0.2) is 24.3 Å². The molecule has 1 aliphatic heterocycles. The Morgan fingerprint density at radius 1 is 1.24 bits per heavy atom. The number of sulfone groups is 1. The maximum Gasteiger partial charge on any atom is 0.254 e. The van der Waals surface area contributed by atoms with Gasteiger partial charge in [0.25, 0.3) is 5.91 Å². The Hall–Kier alpha value is -1.43. The highest BCUT2D eigenvalue weighted by molar-refractivity contribution is 7.91. The van der Waals surface area contributed by atoms with Gasteiger partial charge < -0.3 is 4.90 Å². The molecule has 0 bridgehead atoms. The maximum atomic E-state index is 13.0. The van der Waals surface area contributed by atoms with Crippen molar-refractivity contribution in [3.05, 3.63) is 35.6 Å². The zero-order valence-electron chi connectivity index (χ0n) is 9.10. The van der Waals surface area contributed by atoms with Crippen LogP contribution in [0.2, 0.25) is 0 Å². The summed E-state index contributed by atoms with van der Waals surface area (Å²) in [6, 6.07) is 5.40. The van der Waals surface area contributed by atoms with Gasteiger partial charge in [-0.25, -0.2) is 12.8 Å². The van der Waals surface area contributed by atoms with Crippen molar-refractivity contribution >= 4 is 15.7 Å². The molecular formula is C11H12FNO3S. The second kappa shape index (κ2) is 4.44. The van der Waals surface area contributed by atoms with Crippen molar-refractivity contribution in [2.24, 2.45) is 0 Å². The molecule has 0 aromatic heterocycles. The van der Waals surface area contributed by atoms with E-state index in [9.17, 15) is 17.6 Å². The van der Waals surface area contributed by atoms with Crippen LogP contribution < -0.4 is 0 Å². The molecule has 0 radical (unpaired) electrons. The van der Waals surface area contributed by atoms with Gasteiger partial charge in [-0.3, -0.25) is 4.79 Å². The third-order valence-electron chi connectivity index (χ3n) is 2.70. The highest BCUT2D eigenvalue weighted by Crippen LogP contribution is 2.11. The summed E-state index contributed by atoms with van der Waals surface area (Å²) in [6.45, 7) is 0.357. The Bertz CT molecular complexity index is 527. The van der Waals surface area contributed by atoms with E-state index in [2.05, 4.69) is 0 Å². The lowest BCUT2D eigenvalue weighted by atomic mass is 10.2. The van der Waals surface area contributed by atoms with Crippen molar-refractivity contribution in [1.82, 2.24) is 4.90 Å². The van der Waals surface area contributed by atoms with Crippen molar-refractivity contribution < 1.29 is 17.6 Å². The molecule has 4 nitrogen and oxygen atoms in total. The summed E-state index contributed by atoms with van der Waals surface area (Å²) < 4.78 is 35.4. The van der Waals surface area contributed by atoms with Crippen molar-refractivity contribution in [1.29, 1.82) is 0 Å². The molecule has 92 valence electrons. The molecule has 0 spiro atoms. The molecule has 17 heavy (non-hydrogen) atoms. The van der Waals surface area contributed by atoms with Crippen molar-refractivity contribution in [3.63, 3.8) is 0 Å². The minimum absolute atomic E-state index is 0.0198. The number of rotatable bonds is 1. The monoisotopic (exact) mass is 257 g/mol. The highest BCUT2D eigenvalue weighted by Gasteiger charge is 2.25. The van der Waals surface area contributed by atoms with E-state index >= 15 is 0 Å². The first-order valence-corrected chi connectivity index (χ1v) is 7.05. The summed E-state index contributed by atoms with van der Waals surface area (Å²) in [5.41, 5.74) is 0.254. The molecule has 0 aliphatic carbocycles. The van der Waals surface area contributed by atoms with Gasteiger partial charge in [-0.1, -0.05) is 6.07 Å². The molecule has 1 saturated heterocycles. The number of carbonyl (C=O) groups is 1. The number of benzene rings is 1. The fraction of sp³-hybridized carbons (Fsp3) is 0.364. The zero-order valence-corrected chi connectivity index (χ0v) is 9.91. The van der Waals surface area contributed by atoms with E-state index in [0.717, 1.165) is 6.07 Å². The second-order valence-electron chi connectivity index (χ2n) is 3.95. The molecule has 6 heteroatoms. The molecule has 1 aromatic carbocycles. The lowest BCUT2D eigenvalue weighted by Crippen LogP contribution is -2.43. The summed E-state index contributed by atoms with van der Waals surface area (Å²) in [7, 11) is -3.01. The predicted molar refractivity (Wildman–Crippen MR) is 61.0 cm³/mol. The van der Waals surface area contributed by atoms with Crippen LogP contribution in [-0.4, -0.2) is 43.8 Å². The third-order valence-corrected chi connectivity index (χ3v) is 4.31. The van der Waals surface area contributed by atoms with Crippen molar-refractivity contribution in [3.8, 4) is 0 Å². The van der Waals surface area contributed by atoms with E-state index in [-0.39, 0.29) is 36.1 Å². The Labute approximate surface area is 99.0 Å². The first-order valence-electron chi connectivity index (χ1n) is 5.23. The van der Waals surface area contributed by atoms with E-state index in [1.54, 1.807) is 0 Å². The predicted octanol–water partition coefficient (Wildman–Crippen LogP) is 0.696. The summed E-state index contributed by atoms with van der Waals surface area (Å²) >= 11 is 0. The van der Waals surface area contributed by atoms with Crippen molar-refractivity contribution in [2.45, 2.75) is 0 Å². The number of carbonyl (C=O) groups excluding carboxylic acids is 1. The summed E-state index contributed by atoms with van der Waals surface area (Å²) in [6.07, 6.45) is 0. The molecule has 2 rings (SSSR count). The van der Waals surface area contributed by atoms with Crippen LogP contribution in [0.1, 0.15) is 10.4 Å². The van der Waals surface area contributed by atoms with Crippen LogP contribution in [0.25, 0.3) is 0 Å². The smallest absolute Gasteiger partial charge is 0.254 e. The molecule has 1 aromatic rings. The third kappa shape index (κ3) is 2.82.